The lowest BCUT2D eigenvalue weighted by Crippen LogP contribution is -2.16. The van der Waals surface area contributed by atoms with Crippen LogP contribution in [-0.4, -0.2) is 23.3 Å². The fraction of sp³-hybridized carbons (Fsp3) is 0.385. The SMILES string of the molecule is CCNCCc1nnc(-c2cccc(C)c2)o1. The van der Waals surface area contributed by atoms with Gasteiger partial charge in [0.15, 0.2) is 0 Å². The Morgan fingerprint density at radius 1 is 1.29 bits per heavy atom. The van der Waals surface area contributed by atoms with Gasteiger partial charge in [-0.05, 0) is 25.6 Å². The molecule has 4 nitrogen and oxygen atoms in total. The van der Waals surface area contributed by atoms with Gasteiger partial charge in [0.2, 0.25) is 11.8 Å². The van der Waals surface area contributed by atoms with Crippen molar-refractivity contribution in [3.63, 3.8) is 0 Å². The number of aromatic nitrogens is 2. The molecule has 0 fully saturated rings. The third-order valence-electron chi connectivity index (χ3n) is 2.50. The fourth-order valence-corrected chi connectivity index (χ4v) is 1.62. The van der Waals surface area contributed by atoms with E-state index in [0.29, 0.717) is 11.8 Å². The summed E-state index contributed by atoms with van der Waals surface area (Å²) in [6.45, 7) is 5.95. The standard InChI is InChI=1S/C13H17N3O/c1-3-14-8-7-12-15-16-13(17-12)11-6-4-5-10(2)9-11/h4-6,9,14H,3,7-8H2,1-2H3. The summed E-state index contributed by atoms with van der Waals surface area (Å²) in [5.74, 6) is 1.28. The molecule has 0 amide bonds. The smallest absolute Gasteiger partial charge is 0.247 e. The van der Waals surface area contributed by atoms with Crippen molar-refractivity contribution in [3.8, 4) is 11.5 Å². The number of nitrogens with one attached hydrogen (secondary N) is 1. The van der Waals surface area contributed by atoms with Crippen molar-refractivity contribution in [2.45, 2.75) is 20.3 Å². The topological polar surface area (TPSA) is 51.0 Å². The highest BCUT2D eigenvalue weighted by Gasteiger charge is 2.07. The van der Waals surface area contributed by atoms with Gasteiger partial charge in [-0.3, -0.25) is 0 Å². The molecule has 1 N–H and O–H groups in total. The van der Waals surface area contributed by atoms with Gasteiger partial charge in [-0.1, -0.05) is 24.6 Å². The Morgan fingerprint density at radius 2 is 2.18 bits per heavy atom. The zero-order valence-corrected chi connectivity index (χ0v) is 10.2. The van der Waals surface area contributed by atoms with Gasteiger partial charge in [0.1, 0.15) is 0 Å². The molecular formula is C13H17N3O. The predicted molar refractivity (Wildman–Crippen MR) is 66.7 cm³/mol. The van der Waals surface area contributed by atoms with Crippen LogP contribution < -0.4 is 5.32 Å². The Morgan fingerprint density at radius 3 is 2.94 bits per heavy atom. The van der Waals surface area contributed by atoms with E-state index in [9.17, 15) is 0 Å². The second-order valence-corrected chi connectivity index (χ2v) is 3.97. The van der Waals surface area contributed by atoms with Crippen molar-refractivity contribution in [3.05, 3.63) is 35.7 Å². The lowest BCUT2D eigenvalue weighted by molar-refractivity contribution is 0.496. The van der Waals surface area contributed by atoms with Crippen LogP contribution in [-0.2, 0) is 6.42 Å². The summed E-state index contributed by atoms with van der Waals surface area (Å²) in [4.78, 5) is 0. The highest BCUT2D eigenvalue weighted by atomic mass is 16.4. The molecule has 90 valence electrons. The first-order valence-corrected chi connectivity index (χ1v) is 5.89. The van der Waals surface area contributed by atoms with E-state index in [1.165, 1.54) is 5.56 Å². The second-order valence-electron chi connectivity index (χ2n) is 3.97. The van der Waals surface area contributed by atoms with E-state index in [-0.39, 0.29) is 0 Å². The number of nitrogens with zero attached hydrogens (tertiary/aromatic N) is 2. The van der Waals surface area contributed by atoms with Crippen LogP contribution in [0.1, 0.15) is 18.4 Å². The molecule has 0 atom stereocenters. The van der Waals surface area contributed by atoms with Crippen LogP contribution in [0.15, 0.2) is 28.7 Å². The molecule has 1 heterocycles. The molecule has 4 heteroatoms. The van der Waals surface area contributed by atoms with E-state index >= 15 is 0 Å². The Kier molecular flexibility index (Phi) is 3.88. The molecule has 0 radical (unpaired) electrons. The molecule has 0 bridgehead atoms. The first-order valence-electron chi connectivity index (χ1n) is 5.89. The number of hydrogen-bond acceptors (Lipinski definition) is 4. The molecule has 0 saturated heterocycles. The summed E-state index contributed by atoms with van der Waals surface area (Å²) in [6.07, 6.45) is 0.770. The molecule has 0 spiro atoms. The van der Waals surface area contributed by atoms with Crippen molar-refractivity contribution in [1.82, 2.24) is 15.5 Å². The summed E-state index contributed by atoms with van der Waals surface area (Å²) in [5, 5.41) is 11.3. The molecule has 1 aromatic carbocycles. The first-order chi connectivity index (χ1) is 8.29. The maximum Gasteiger partial charge on any atom is 0.247 e. The zero-order valence-electron chi connectivity index (χ0n) is 10.2. The van der Waals surface area contributed by atoms with E-state index in [2.05, 4.69) is 22.4 Å². The van der Waals surface area contributed by atoms with Crippen molar-refractivity contribution in [2.24, 2.45) is 0 Å². The highest BCUT2D eigenvalue weighted by Crippen LogP contribution is 2.18. The van der Waals surface area contributed by atoms with Crippen LogP contribution >= 0.6 is 0 Å². The quantitative estimate of drug-likeness (QED) is 0.801. The van der Waals surface area contributed by atoms with Gasteiger partial charge in [-0.25, -0.2) is 0 Å². The Balaban J connectivity index is 2.07. The molecule has 0 saturated carbocycles. The summed E-state index contributed by atoms with van der Waals surface area (Å²) in [7, 11) is 0. The third kappa shape index (κ3) is 3.14. The lowest BCUT2D eigenvalue weighted by Gasteiger charge is -1.97. The van der Waals surface area contributed by atoms with Gasteiger partial charge < -0.3 is 9.73 Å². The van der Waals surface area contributed by atoms with E-state index in [4.69, 9.17) is 4.42 Å². The maximum absolute atomic E-state index is 5.61. The van der Waals surface area contributed by atoms with Crippen molar-refractivity contribution >= 4 is 0 Å². The summed E-state index contributed by atoms with van der Waals surface area (Å²) in [6, 6.07) is 8.06. The average molecular weight is 231 g/mol. The molecule has 0 aliphatic rings. The van der Waals surface area contributed by atoms with Gasteiger partial charge >= 0.3 is 0 Å². The van der Waals surface area contributed by atoms with Crippen LogP contribution in [0.4, 0.5) is 0 Å². The Hall–Kier alpha value is -1.68. The first kappa shape index (κ1) is 11.8. The number of benzene rings is 1. The van der Waals surface area contributed by atoms with Crippen LogP contribution in [0.25, 0.3) is 11.5 Å². The second kappa shape index (κ2) is 5.59. The Bertz CT molecular complexity index is 479. The number of likely N-dealkylation sites (N-methyl/N-ethyl adjacent to an activating group) is 1. The van der Waals surface area contributed by atoms with E-state index in [1.807, 2.05) is 31.2 Å². The maximum atomic E-state index is 5.61. The van der Waals surface area contributed by atoms with E-state index in [0.717, 1.165) is 25.1 Å². The Labute approximate surface area is 101 Å². The number of hydrogen-bond donors (Lipinski definition) is 1. The van der Waals surface area contributed by atoms with E-state index in [1.54, 1.807) is 0 Å². The van der Waals surface area contributed by atoms with Gasteiger partial charge in [0, 0.05) is 18.5 Å². The molecule has 1 aromatic heterocycles. The van der Waals surface area contributed by atoms with Crippen LogP contribution in [0.5, 0.6) is 0 Å². The fourth-order valence-electron chi connectivity index (χ4n) is 1.62. The van der Waals surface area contributed by atoms with Crippen molar-refractivity contribution in [2.75, 3.05) is 13.1 Å². The van der Waals surface area contributed by atoms with Gasteiger partial charge in [0.25, 0.3) is 0 Å². The monoisotopic (exact) mass is 231 g/mol. The van der Waals surface area contributed by atoms with Crippen LogP contribution in [0.3, 0.4) is 0 Å². The summed E-state index contributed by atoms with van der Waals surface area (Å²) >= 11 is 0. The van der Waals surface area contributed by atoms with Crippen molar-refractivity contribution < 1.29 is 4.42 Å². The molecule has 17 heavy (non-hydrogen) atoms. The van der Waals surface area contributed by atoms with Crippen LogP contribution in [0.2, 0.25) is 0 Å². The number of aryl methyl sites for hydroxylation is 1. The van der Waals surface area contributed by atoms with Gasteiger partial charge in [-0.15, -0.1) is 10.2 Å². The molecule has 0 aliphatic heterocycles. The minimum Gasteiger partial charge on any atom is -0.421 e. The van der Waals surface area contributed by atoms with Crippen molar-refractivity contribution in [1.29, 1.82) is 0 Å². The summed E-state index contributed by atoms with van der Waals surface area (Å²) in [5.41, 5.74) is 2.17. The largest absolute Gasteiger partial charge is 0.421 e. The molecule has 0 aliphatic carbocycles. The lowest BCUT2D eigenvalue weighted by atomic mass is 10.1. The van der Waals surface area contributed by atoms with E-state index < -0.39 is 0 Å². The number of rotatable bonds is 5. The molecular weight excluding hydrogens is 214 g/mol. The third-order valence-corrected chi connectivity index (χ3v) is 2.50. The zero-order chi connectivity index (χ0) is 12.1. The molecule has 0 unspecified atom stereocenters. The minimum atomic E-state index is 0.597. The van der Waals surface area contributed by atoms with Crippen LogP contribution in [0, 0.1) is 6.92 Å². The highest BCUT2D eigenvalue weighted by molar-refractivity contribution is 5.53. The molecule has 2 rings (SSSR count). The van der Waals surface area contributed by atoms with Gasteiger partial charge in [0.05, 0.1) is 0 Å². The predicted octanol–water partition coefficient (Wildman–Crippen LogP) is 2.20. The average Bonchev–Trinajstić information content (AvgIpc) is 2.78. The summed E-state index contributed by atoms with van der Waals surface area (Å²) < 4.78 is 5.61. The minimum absolute atomic E-state index is 0.597. The molecule has 2 aromatic rings. The van der Waals surface area contributed by atoms with Gasteiger partial charge in [-0.2, -0.15) is 0 Å². The normalized spacial score (nSPS) is 10.7.